The molecule has 4 bridgehead atoms. The van der Waals surface area contributed by atoms with E-state index in [-0.39, 0.29) is 0 Å². The van der Waals surface area contributed by atoms with E-state index in [9.17, 15) is 0 Å². The second-order valence-corrected chi connectivity index (χ2v) is 9.11. The highest BCUT2D eigenvalue weighted by Crippen LogP contribution is 2.59. The largest absolute Gasteiger partial charge is 0.299 e. The molecule has 0 amide bonds. The van der Waals surface area contributed by atoms with E-state index in [1.807, 2.05) is 0 Å². The highest BCUT2D eigenvalue weighted by Gasteiger charge is 2.50. The summed E-state index contributed by atoms with van der Waals surface area (Å²) in [4.78, 5) is 2.70. The van der Waals surface area contributed by atoms with Crippen molar-refractivity contribution >= 4 is 0 Å². The van der Waals surface area contributed by atoms with E-state index in [2.05, 4.69) is 35.2 Å². The molecule has 1 heteroatoms. The summed E-state index contributed by atoms with van der Waals surface area (Å²) < 4.78 is 0. The van der Waals surface area contributed by atoms with E-state index in [0.29, 0.717) is 0 Å². The van der Waals surface area contributed by atoms with E-state index in [1.54, 1.807) is 32.1 Å². The van der Waals surface area contributed by atoms with Crippen LogP contribution in [0.2, 0.25) is 0 Å². The summed E-state index contributed by atoms with van der Waals surface area (Å²) in [7, 11) is 0. The normalized spacial score (nSPS) is 40.6. The number of benzene rings is 1. The van der Waals surface area contributed by atoms with E-state index in [0.717, 1.165) is 42.1 Å². The van der Waals surface area contributed by atoms with Crippen LogP contribution in [-0.4, -0.2) is 18.0 Å². The summed E-state index contributed by atoms with van der Waals surface area (Å²) in [5.74, 6) is 6.67. The number of piperidine rings is 1. The van der Waals surface area contributed by atoms with Gasteiger partial charge in [-0.25, -0.2) is 0 Å². The van der Waals surface area contributed by atoms with Crippen molar-refractivity contribution in [2.24, 2.45) is 35.5 Å². The van der Waals surface area contributed by atoms with Gasteiger partial charge in [0.1, 0.15) is 0 Å². The molecule has 0 spiro atoms. The number of hydrogen-bond acceptors (Lipinski definition) is 1. The second kappa shape index (κ2) is 5.92. The van der Waals surface area contributed by atoms with Crippen LogP contribution in [0.5, 0.6) is 0 Å². The molecule has 6 rings (SSSR count). The van der Waals surface area contributed by atoms with Gasteiger partial charge in [0.05, 0.1) is 0 Å². The molecule has 0 aromatic heterocycles. The number of nitrogens with zero attached hydrogens (tertiary/aromatic N) is 1. The zero-order chi connectivity index (χ0) is 15.2. The van der Waals surface area contributed by atoms with E-state index >= 15 is 0 Å². The molecule has 0 radical (unpaired) electrons. The first kappa shape index (κ1) is 14.5. The average Bonchev–Trinajstić information content (AvgIpc) is 2.56. The van der Waals surface area contributed by atoms with Crippen molar-refractivity contribution in [3.63, 3.8) is 0 Å². The Morgan fingerprint density at radius 1 is 0.739 bits per heavy atom. The summed E-state index contributed by atoms with van der Waals surface area (Å²) in [6.07, 6.45) is 10.9. The minimum absolute atomic E-state index is 1.05. The Bertz CT molecular complexity index is 500. The third kappa shape index (κ3) is 2.76. The molecule has 0 atom stereocenters. The molecule has 1 aromatic carbocycles. The van der Waals surface area contributed by atoms with Crippen molar-refractivity contribution < 1.29 is 0 Å². The molecule has 23 heavy (non-hydrogen) atoms. The van der Waals surface area contributed by atoms with Gasteiger partial charge in [-0.15, -0.1) is 0 Å². The molecule has 124 valence electrons. The molecule has 1 aromatic rings. The monoisotopic (exact) mass is 309 g/mol. The van der Waals surface area contributed by atoms with Crippen LogP contribution in [0.25, 0.3) is 0 Å². The predicted molar refractivity (Wildman–Crippen MR) is 95.0 cm³/mol. The average molecular weight is 309 g/mol. The van der Waals surface area contributed by atoms with Gasteiger partial charge in [0, 0.05) is 6.54 Å². The van der Waals surface area contributed by atoms with Gasteiger partial charge >= 0.3 is 0 Å². The van der Waals surface area contributed by atoms with E-state index in [1.165, 1.54) is 31.5 Å². The van der Waals surface area contributed by atoms with Crippen LogP contribution in [-0.2, 0) is 6.54 Å². The highest BCUT2D eigenvalue weighted by molar-refractivity contribution is 5.14. The summed E-state index contributed by atoms with van der Waals surface area (Å²) in [6.45, 7) is 3.83. The Kier molecular flexibility index (Phi) is 3.73. The summed E-state index contributed by atoms with van der Waals surface area (Å²) in [5.41, 5.74) is 1.49. The lowest BCUT2D eigenvalue weighted by molar-refractivity contribution is -0.0725. The van der Waals surface area contributed by atoms with Gasteiger partial charge in [-0.3, -0.25) is 4.90 Å². The fourth-order valence-corrected chi connectivity index (χ4v) is 7.07. The zero-order valence-electron chi connectivity index (χ0n) is 14.4. The second-order valence-electron chi connectivity index (χ2n) is 9.11. The van der Waals surface area contributed by atoms with Crippen LogP contribution < -0.4 is 0 Å². The van der Waals surface area contributed by atoms with E-state index in [4.69, 9.17) is 0 Å². The smallest absolute Gasteiger partial charge is 0.0233 e. The van der Waals surface area contributed by atoms with Crippen molar-refractivity contribution in [2.45, 2.75) is 51.5 Å². The van der Waals surface area contributed by atoms with Gasteiger partial charge in [0.25, 0.3) is 0 Å². The van der Waals surface area contributed by atoms with Crippen molar-refractivity contribution in [3.8, 4) is 0 Å². The third-order valence-electron chi connectivity index (χ3n) is 7.73. The third-order valence-corrected chi connectivity index (χ3v) is 7.73. The maximum atomic E-state index is 2.70. The summed E-state index contributed by atoms with van der Waals surface area (Å²) >= 11 is 0. The lowest BCUT2D eigenvalue weighted by Gasteiger charge is -2.57. The molecule has 5 fully saturated rings. The van der Waals surface area contributed by atoms with Crippen molar-refractivity contribution in [1.82, 2.24) is 4.90 Å². The van der Waals surface area contributed by atoms with Crippen LogP contribution in [0, 0.1) is 35.5 Å². The number of rotatable bonds is 3. The Morgan fingerprint density at radius 2 is 1.35 bits per heavy atom. The molecular weight excluding hydrogens is 278 g/mol. The summed E-state index contributed by atoms with van der Waals surface area (Å²) in [6, 6.07) is 11.0. The van der Waals surface area contributed by atoms with Crippen LogP contribution in [0.1, 0.15) is 50.5 Å². The Hall–Kier alpha value is -0.820. The molecular formula is C22H31N. The summed E-state index contributed by atoms with van der Waals surface area (Å²) in [5, 5.41) is 0. The fourth-order valence-electron chi connectivity index (χ4n) is 7.07. The van der Waals surface area contributed by atoms with Crippen molar-refractivity contribution in [3.05, 3.63) is 35.9 Å². The van der Waals surface area contributed by atoms with E-state index < -0.39 is 0 Å². The van der Waals surface area contributed by atoms with Gasteiger partial charge < -0.3 is 0 Å². The molecule has 0 unspecified atom stereocenters. The quantitative estimate of drug-likeness (QED) is 0.762. The Labute approximate surface area is 141 Å². The van der Waals surface area contributed by atoms with Gasteiger partial charge in [-0.2, -0.15) is 0 Å². The molecule has 1 aliphatic heterocycles. The maximum absolute atomic E-state index is 2.70. The molecule has 1 heterocycles. The Balaban J connectivity index is 1.20. The van der Waals surface area contributed by atoms with Gasteiger partial charge in [0.2, 0.25) is 0 Å². The van der Waals surface area contributed by atoms with Gasteiger partial charge in [-0.05, 0) is 99.1 Å². The minimum Gasteiger partial charge on any atom is -0.299 e. The van der Waals surface area contributed by atoms with Gasteiger partial charge in [-0.1, -0.05) is 30.3 Å². The number of likely N-dealkylation sites (tertiary alicyclic amines) is 1. The zero-order valence-corrected chi connectivity index (χ0v) is 14.4. The molecule has 5 aliphatic rings. The SMILES string of the molecule is c1ccc(CN2CCC(C3C4CC5CC(C4)CC3C5)CC2)cc1. The first-order chi connectivity index (χ1) is 11.3. The molecule has 1 saturated heterocycles. The van der Waals surface area contributed by atoms with Crippen molar-refractivity contribution in [2.75, 3.05) is 13.1 Å². The molecule has 1 nitrogen and oxygen atoms in total. The maximum Gasteiger partial charge on any atom is 0.0233 e. The number of hydrogen-bond donors (Lipinski definition) is 0. The van der Waals surface area contributed by atoms with Crippen LogP contribution >= 0.6 is 0 Å². The predicted octanol–water partition coefficient (Wildman–Crippen LogP) is 4.97. The van der Waals surface area contributed by atoms with Crippen LogP contribution in [0.4, 0.5) is 0 Å². The molecule has 4 aliphatic carbocycles. The topological polar surface area (TPSA) is 3.24 Å². The fraction of sp³-hybridized carbons (Fsp3) is 0.727. The molecule has 0 N–H and O–H groups in total. The first-order valence-electron chi connectivity index (χ1n) is 10.1. The van der Waals surface area contributed by atoms with Crippen LogP contribution in [0.3, 0.4) is 0 Å². The van der Waals surface area contributed by atoms with Gasteiger partial charge in [0.15, 0.2) is 0 Å². The van der Waals surface area contributed by atoms with Crippen LogP contribution in [0.15, 0.2) is 30.3 Å². The standard InChI is InChI=1S/C22H31N/c1-2-4-16(5-3-1)15-23-8-6-19(7-9-23)22-20-11-17-10-18(13-20)14-21(22)12-17/h1-5,17-22H,6-15H2. The van der Waals surface area contributed by atoms with Crippen molar-refractivity contribution in [1.29, 1.82) is 0 Å². The molecule has 4 saturated carbocycles. The first-order valence-corrected chi connectivity index (χ1v) is 10.1. The lowest BCUT2D eigenvalue weighted by Crippen LogP contribution is -2.49. The minimum atomic E-state index is 1.05. The highest BCUT2D eigenvalue weighted by atomic mass is 15.1. The Morgan fingerprint density at radius 3 is 1.96 bits per heavy atom. The lowest BCUT2D eigenvalue weighted by atomic mass is 9.49.